The second-order valence-corrected chi connectivity index (χ2v) is 8.35. The van der Waals surface area contributed by atoms with Crippen LogP contribution in [0.4, 0.5) is 0 Å². The average molecular weight is 330 g/mol. The Labute approximate surface area is 128 Å². The van der Waals surface area contributed by atoms with Crippen LogP contribution in [0.25, 0.3) is 0 Å². The molecule has 6 nitrogen and oxygen atoms in total. The first-order valence-electron chi connectivity index (χ1n) is 7.04. The Hall–Kier alpha value is -0.960. The van der Waals surface area contributed by atoms with E-state index in [1.165, 1.54) is 28.6 Å². The Morgan fingerprint density at radius 2 is 2.00 bits per heavy atom. The molecule has 2 saturated heterocycles. The van der Waals surface area contributed by atoms with Gasteiger partial charge in [-0.25, -0.2) is 13.2 Å². The number of aromatic carboxylic acids is 1. The summed E-state index contributed by atoms with van der Waals surface area (Å²) in [5, 5.41) is 10.3. The monoisotopic (exact) mass is 330 g/mol. The van der Waals surface area contributed by atoms with Crippen LogP contribution in [0.1, 0.15) is 28.9 Å². The number of carboxylic acids is 1. The Morgan fingerprint density at radius 3 is 2.62 bits per heavy atom. The maximum Gasteiger partial charge on any atom is 0.345 e. The molecule has 3 rings (SSSR count). The van der Waals surface area contributed by atoms with Crippen molar-refractivity contribution in [2.45, 2.75) is 30.2 Å². The molecular formula is C13H18N2O4S2. The quantitative estimate of drug-likeness (QED) is 0.900. The zero-order chi connectivity index (χ0) is 15.0. The maximum absolute atomic E-state index is 12.6. The second kappa shape index (κ2) is 5.68. The van der Waals surface area contributed by atoms with Crippen molar-refractivity contribution >= 4 is 27.3 Å². The normalized spacial score (nSPS) is 24.7. The first kappa shape index (κ1) is 15.0. The first-order valence-corrected chi connectivity index (χ1v) is 9.36. The molecular weight excluding hydrogens is 312 g/mol. The van der Waals surface area contributed by atoms with Crippen molar-refractivity contribution < 1.29 is 18.3 Å². The highest BCUT2D eigenvalue weighted by Gasteiger charge is 2.36. The Bertz CT molecular complexity index is 634. The number of hydrogen-bond donors (Lipinski definition) is 1. The molecule has 0 bridgehead atoms. The number of carboxylic acid groups (broad SMARTS) is 1. The molecule has 1 unspecified atom stereocenters. The van der Waals surface area contributed by atoms with Crippen molar-refractivity contribution in [3.63, 3.8) is 0 Å². The van der Waals surface area contributed by atoms with E-state index in [1.54, 1.807) is 0 Å². The molecule has 1 N–H and O–H groups in total. The highest BCUT2D eigenvalue weighted by Crippen LogP contribution is 2.28. The van der Waals surface area contributed by atoms with Crippen LogP contribution < -0.4 is 0 Å². The molecule has 1 atom stereocenters. The number of nitrogens with zero attached hydrogens (tertiary/aromatic N) is 2. The summed E-state index contributed by atoms with van der Waals surface area (Å²) in [4.78, 5) is 13.4. The van der Waals surface area contributed by atoms with Gasteiger partial charge in [0.15, 0.2) is 0 Å². The van der Waals surface area contributed by atoms with Crippen molar-refractivity contribution in [3.8, 4) is 0 Å². The first-order chi connectivity index (χ1) is 9.98. The zero-order valence-electron chi connectivity index (χ0n) is 11.6. The van der Waals surface area contributed by atoms with Crippen LogP contribution in [-0.2, 0) is 10.0 Å². The molecule has 21 heavy (non-hydrogen) atoms. The molecule has 0 saturated carbocycles. The van der Waals surface area contributed by atoms with Gasteiger partial charge in [-0.05, 0) is 38.4 Å². The van der Waals surface area contributed by atoms with Gasteiger partial charge in [-0.3, -0.25) is 4.90 Å². The van der Waals surface area contributed by atoms with Crippen LogP contribution in [0.15, 0.2) is 16.3 Å². The minimum absolute atomic E-state index is 0.0591. The molecule has 1 aromatic heterocycles. The van der Waals surface area contributed by atoms with E-state index >= 15 is 0 Å². The number of likely N-dealkylation sites (tertiary alicyclic amines) is 1. The van der Waals surface area contributed by atoms with Crippen molar-refractivity contribution in [1.82, 2.24) is 9.21 Å². The summed E-state index contributed by atoms with van der Waals surface area (Å²) in [5.41, 5.74) is 0. The number of hydrogen-bond acceptors (Lipinski definition) is 5. The smallest absolute Gasteiger partial charge is 0.345 e. The van der Waals surface area contributed by atoms with E-state index in [2.05, 4.69) is 4.90 Å². The minimum atomic E-state index is -3.56. The number of thiophene rings is 1. The Kier molecular flexibility index (Phi) is 4.04. The molecule has 0 aromatic carbocycles. The zero-order valence-corrected chi connectivity index (χ0v) is 13.2. The molecule has 2 aliphatic heterocycles. The lowest BCUT2D eigenvalue weighted by Gasteiger charge is -2.23. The van der Waals surface area contributed by atoms with Crippen molar-refractivity contribution in [2.24, 2.45) is 0 Å². The maximum atomic E-state index is 12.6. The van der Waals surface area contributed by atoms with E-state index in [0.717, 1.165) is 30.8 Å². The van der Waals surface area contributed by atoms with E-state index in [9.17, 15) is 13.2 Å². The van der Waals surface area contributed by atoms with Gasteiger partial charge in [0.2, 0.25) is 10.0 Å². The largest absolute Gasteiger partial charge is 0.477 e. The number of sulfonamides is 1. The predicted octanol–water partition coefficient (Wildman–Crippen LogP) is 1.31. The fourth-order valence-corrected chi connectivity index (χ4v) is 5.64. The SMILES string of the molecule is O=C(O)c1cc(S(=O)(=O)N2CCC(N3CCCC3)C2)cs1. The lowest BCUT2D eigenvalue weighted by atomic mass is 10.2. The van der Waals surface area contributed by atoms with Crippen LogP contribution in [0.5, 0.6) is 0 Å². The summed E-state index contributed by atoms with van der Waals surface area (Å²) in [6.45, 7) is 3.14. The summed E-state index contributed by atoms with van der Waals surface area (Å²) in [5.74, 6) is -1.09. The van der Waals surface area contributed by atoms with Crippen LogP contribution in [0.3, 0.4) is 0 Å². The molecule has 2 fully saturated rings. The van der Waals surface area contributed by atoms with Crippen molar-refractivity contribution in [3.05, 3.63) is 16.3 Å². The lowest BCUT2D eigenvalue weighted by molar-refractivity contribution is 0.0702. The van der Waals surface area contributed by atoms with Gasteiger partial charge in [0, 0.05) is 24.5 Å². The Morgan fingerprint density at radius 1 is 1.29 bits per heavy atom. The third-order valence-electron chi connectivity index (χ3n) is 4.21. The second-order valence-electron chi connectivity index (χ2n) is 5.50. The molecule has 116 valence electrons. The summed E-state index contributed by atoms with van der Waals surface area (Å²) in [6.07, 6.45) is 3.24. The fourth-order valence-electron chi connectivity index (χ4n) is 3.05. The van der Waals surface area contributed by atoms with Crippen LogP contribution in [-0.4, -0.2) is 60.9 Å². The van der Waals surface area contributed by atoms with Crippen molar-refractivity contribution in [2.75, 3.05) is 26.2 Å². The summed E-state index contributed by atoms with van der Waals surface area (Å²) in [6, 6.07) is 1.56. The molecule has 1 aromatic rings. The molecule has 0 aliphatic carbocycles. The molecule has 0 spiro atoms. The van der Waals surface area contributed by atoms with E-state index in [-0.39, 0.29) is 9.77 Å². The van der Waals surface area contributed by atoms with Gasteiger partial charge in [-0.2, -0.15) is 4.31 Å². The predicted molar refractivity (Wildman–Crippen MR) is 79.2 cm³/mol. The topological polar surface area (TPSA) is 77.9 Å². The Balaban J connectivity index is 1.74. The summed E-state index contributed by atoms with van der Waals surface area (Å²) >= 11 is 0.954. The van der Waals surface area contributed by atoms with E-state index in [0.29, 0.717) is 19.1 Å². The molecule has 0 amide bonds. The lowest BCUT2D eigenvalue weighted by Crippen LogP contribution is -2.37. The third kappa shape index (κ3) is 2.85. The average Bonchev–Trinajstić information content (AvgIpc) is 3.19. The number of rotatable bonds is 4. The minimum Gasteiger partial charge on any atom is -0.477 e. The number of carbonyl (C=O) groups is 1. The van der Waals surface area contributed by atoms with Gasteiger partial charge < -0.3 is 5.11 Å². The summed E-state index contributed by atoms with van der Waals surface area (Å²) < 4.78 is 26.6. The van der Waals surface area contributed by atoms with Gasteiger partial charge in [-0.15, -0.1) is 11.3 Å². The van der Waals surface area contributed by atoms with Gasteiger partial charge in [0.05, 0.1) is 4.90 Å². The standard InChI is InChI=1S/C13H18N2O4S2/c16-13(17)12-7-11(9-20-12)21(18,19)15-6-3-10(8-15)14-4-1-2-5-14/h7,9-10H,1-6,8H2,(H,16,17). The van der Waals surface area contributed by atoms with E-state index in [1.807, 2.05) is 0 Å². The molecule has 8 heteroatoms. The van der Waals surface area contributed by atoms with Crippen molar-refractivity contribution in [1.29, 1.82) is 0 Å². The molecule has 0 radical (unpaired) electrons. The van der Waals surface area contributed by atoms with Gasteiger partial charge in [0.1, 0.15) is 4.88 Å². The van der Waals surface area contributed by atoms with Crippen LogP contribution in [0.2, 0.25) is 0 Å². The van der Waals surface area contributed by atoms with Crippen LogP contribution >= 0.6 is 11.3 Å². The third-order valence-corrected chi connectivity index (χ3v) is 7.12. The highest BCUT2D eigenvalue weighted by atomic mass is 32.2. The van der Waals surface area contributed by atoms with Crippen LogP contribution in [0, 0.1) is 0 Å². The summed E-state index contributed by atoms with van der Waals surface area (Å²) in [7, 11) is -3.56. The molecule has 2 aliphatic rings. The fraction of sp³-hybridized carbons (Fsp3) is 0.615. The van der Waals surface area contributed by atoms with E-state index in [4.69, 9.17) is 5.11 Å². The van der Waals surface area contributed by atoms with Gasteiger partial charge >= 0.3 is 5.97 Å². The van der Waals surface area contributed by atoms with E-state index < -0.39 is 16.0 Å². The highest BCUT2D eigenvalue weighted by molar-refractivity contribution is 7.89. The van der Waals surface area contributed by atoms with Gasteiger partial charge in [-0.1, -0.05) is 0 Å². The van der Waals surface area contributed by atoms with Gasteiger partial charge in [0.25, 0.3) is 0 Å². The molecule has 3 heterocycles.